The van der Waals surface area contributed by atoms with Gasteiger partial charge in [0.1, 0.15) is 5.52 Å². The highest BCUT2D eigenvalue weighted by Gasteiger charge is 2.15. The van der Waals surface area contributed by atoms with Crippen molar-refractivity contribution in [1.29, 1.82) is 0 Å². The molecule has 0 bridgehead atoms. The molecule has 102 valence electrons. The quantitative estimate of drug-likeness (QED) is 0.913. The van der Waals surface area contributed by atoms with Gasteiger partial charge in [-0.3, -0.25) is 0 Å². The molecule has 0 radical (unpaired) electrons. The molecule has 1 N–H and O–H groups in total. The monoisotopic (exact) mass is 260 g/mol. The topological polar surface area (TPSA) is 47.3 Å². The second kappa shape index (κ2) is 5.21. The van der Waals surface area contributed by atoms with Crippen LogP contribution in [0.3, 0.4) is 0 Å². The molecular formula is C15H20N2O2. The van der Waals surface area contributed by atoms with Gasteiger partial charge in [-0.2, -0.15) is 0 Å². The maximum Gasteiger partial charge on any atom is 0.198 e. The summed E-state index contributed by atoms with van der Waals surface area (Å²) in [5.74, 6) is 1.11. The number of nitrogens with zero attached hydrogens (tertiary/aromatic N) is 1. The molecule has 1 aromatic carbocycles. The molecule has 1 unspecified atom stereocenters. The molecule has 1 fully saturated rings. The van der Waals surface area contributed by atoms with Crippen molar-refractivity contribution in [2.45, 2.75) is 38.7 Å². The average Bonchev–Trinajstić information content (AvgIpc) is 3.04. The van der Waals surface area contributed by atoms with Gasteiger partial charge in [-0.15, -0.1) is 0 Å². The van der Waals surface area contributed by atoms with Crippen LogP contribution in [-0.4, -0.2) is 24.2 Å². The molecule has 1 aliphatic heterocycles. The van der Waals surface area contributed by atoms with E-state index < -0.39 is 0 Å². The lowest BCUT2D eigenvalue weighted by atomic mass is 10.2. The summed E-state index contributed by atoms with van der Waals surface area (Å²) in [6, 6.07) is 6.05. The maximum absolute atomic E-state index is 5.70. The summed E-state index contributed by atoms with van der Waals surface area (Å²) >= 11 is 0. The summed E-state index contributed by atoms with van der Waals surface area (Å²) in [6.07, 6.45) is 2.67. The highest BCUT2D eigenvalue weighted by atomic mass is 16.5. The Morgan fingerprint density at radius 2 is 2.32 bits per heavy atom. The Bertz CT molecular complexity index is 556. The molecule has 0 aliphatic carbocycles. The van der Waals surface area contributed by atoms with E-state index in [1.54, 1.807) is 0 Å². The first-order chi connectivity index (χ1) is 9.22. The molecule has 3 rings (SSSR count). The van der Waals surface area contributed by atoms with Gasteiger partial charge >= 0.3 is 0 Å². The molecule has 2 heterocycles. The average molecular weight is 260 g/mol. The Morgan fingerprint density at radius 3 is 3.05 bits per heavy atom. The molecule has 1 saturated heterocycles. The number of aromatic nitrogens is 1. The van der Waals surface area contributed by atoms with Crippen molar-refractivity contribution >= 4 is 16.8 Å². The predicted octanol–water partition coefficient (Wildman–Crippen LogP) is 3.54. The van der Waals surface area contributed by atoms with E-state index in [0.29, 0.717) is 12.0 Å². The molecule has 4 nitrogen and oxygen atoms in total. The first kappa shape index (κ1) is 12.5. The number of oxazole rings is 1. The number of rotatable bonds is 4. The van der Waals surface area contributed by atoms with Gasteiger partial charge in [0.2, 0.25) is 0 Å². The molecule has 1 aromatic heterocycles. The van der Waals surface area contributed by atoms with Gasteiger partial charge < -0.3 is 14.5 Å². The molecule has 19 heavy (non-hydrogen) atoms. The van der Waals surface area contributed by atoms with Crippen LogP contribution in [0.1, 0.15) is 38.5 Å². The zero-order valence-corrected chi connectivity index (χ0v) is 11.5. The van der Waals surface area contributed by atoms with Crippen LogP contribution in [-0.2, 0) is 4.74 Å². The van der Waals surface area contributed by atoms with Crippen LogP contribution >= 0.6 is 0 Å². The van der Waals surface area contributed by atoms with Gasteiger partial charge in [0.15, 0.2) is 11.5 Å². The molecular weight excluding hydrogens is 240 g/mol. The van der Waals surface area contributed by atoms with E-state index in [1.165, 1.54) is 6.42 Å². The normalized spacial score (nSPS) is 19.4. The highest BCUT2D eigenvalue weighted by molar-refractivity contribution is 5.77. The molecule has 4 heteroatoms. The number of hydrogen-bond donors (Lipinski definition) is 1. The van der Waals surface area contributed by atoms with E-state index >= 15 is 0 Å². The molecule has 0 spiro atoms. The Balaban J connectivity index is 1.73. The first-order valence-electron chi connectivity index (χ1n) is 6.98. The van der Waals surface area contributed by atoms with Gasteiger partial charge in [-0.05, 0) is 31.0 Å². The van der Waals surface area contributed by atoms with E-state index in [2.05, 4.69) is 24.1 Å². The Hall–Kier alpha value is -1.55. The van der Waals surface area contributed by atoms with Crippen LogP contribution in [0.25, 0.3) is 11.1 Å². The third-order valence-electron chi connectivity index (χ3n) is 3.46. The number of ether oxygens (including phenoxy) is 1. The van der Waals surface area contributed by atoms with Crippen molar-refractivity contribution in [2.24, 2.45) is 0 Å². The number of anilines is 1. The fourth-order valence-corrected chi connectivity index (χ4v) is 2.34. The third-order valence-corrected chi connectivity index (χ3v) is 3.46. The van der Waals surface area contributed by atoms with Crippen molar-refractivity contribution in [3.8, 4) is 0 Å². The van der Waals surface area contributed by atoms with Gasteiger partial charge in [0.05, 0.1) is 6.10 Å². The fourth-order valence-electron chi connectivity index (χ4n) is 2.34. The number of fused-ring (bicyclic) bond motifs is 1. The van der Waals surface area contributed by atoms with Gasteiger partial charge in [0.25, 0.3) is 0 Å². The summed E-state index contributed by atoms with van der Waals surface area (Å²) in [4.78, 5) is 4.51. The number of hydrogen-bond acceptors (Lipinski definition) is 4. The van der Waals surface area contributed by atoms with Crippen LogP contribution in [0.15, 0.2) is 22.6 Å². The van der Waals surface area contributed by atoms with E-state index in [-0.39, 0.29) is 0 Å². The maximum atomic E-state index is 5.70. The fraction of sp³-hybridized carbons (Fsp3) is 0.533. The van der Waals surface area contributed by atoms with Crippen molar-refractivity contribution in [2.75, 3.05) is 18.5 Å². The smallest absolute Gasteiger partial charge is 0.198 e. The summed E-state index contributed by atoms with van der Waals surface area (Å²) in [7, 11) is 0. The van der Waals surface area contributed by atoms with Crippen LogP contribution in [0.4, 0.5) is 5.69 Å². The summed E-state index contributed by atoms with van der Waals surface area (Å²) in [6.45, 7) is 5.93. The molecule has 1 atom stereocenters. The largest absolute Gasteiger partial charge is 0.440 e. The van der Waals surface area contributed by atoms with E-state index in [1.807, 2.05) is 18.2 Å². The minimum atomic E-state index is 0.315. The Labute approximate surface area is 113 Å². The zero-order chi connectivity index (χ0) is 13.2. The molecule has 0 saturated carbocycles. The van der Waals surface area contributed by atoms with Crippen molar-refractivity contribution < 1.29 is 9.15 Å². The highest BCUT2D eigenvalue weighted by Crippen LogP contribution is 2.24. The van der Waals surface area contributed by atoms with Gasteiger partial charge in [-0.1, -0.05) is 13.8 Å². The SMILES string of the molecule is CC(C)c1nc2cc(NCC3CCCO3)ccc2o1. The molecule has 2 aromatic rings. The third kappa shape index (κ3) is 2.73. The second-order valence-corrected chi connectivity index (χ2v) is 5.41. The zero-order valence-electron chi connectivity index (χ0n) is 11.5. The van der Waals surface area contributed by atoms with Crippen LogP contribution in [0.5, 0.6) is 0 Å². The molecule has 1 aliphatic rings. The van der Waals surface area contributed by atoms with Crippen molar-refractivity contribution in [3.05, 3.63) is 24.1 Å². The minimum absolute atomic E-state index is 0.315. The van der Waals surface area contributed by atoms with Crippen molar-refractivity contribution in [1.82, 2.24) is 4.98 Å². The minimum Gasteiger partial charge on any atom is -0.440 e. The lowest BCUT2D eigenvalue weighted by Crippen LogP contribution is -2.18. The van der Waals surface area contributed by atoms with E-state index in [0.717, 1.165) is 42.3 Å². The standard InChI is InChI=1S/C15H20N2O2/c1-10(2)15-17-13-8-11(5-6-14(13)19-15)16-9-12-4-3-7-18-12/h5-6,8,10,12,16H,3-4,7,9H2,1-2H3. The van der Waals surface area contributed by atoms with E-state index in [9.17, 15) is 0 Å². The number of benzene rings is 1. The molecule has 0 amide bonds. The summed E-state index contributed by atoms with van der Waals surface area (Å²) < 4.78 is 11.3. The van der Waals surface area contributed by atoms with E-state index in [4.69, 9.17) is 9.15 Å². The van der Waals surface area contributed by atoms with Crippen LogP contribution in [0, 0.1) is 0 Å². The summed E-state index contributed by atoms with van der Waals surface area (Å²) in [5, 5.41) is 3.41. The van der Waals surface area contributed by atoms with Crippen LogP contribution < -0.4 is 5.32 Å². The van der Waals surface area contributed by atoms with Crippen molar-refractivity contribution in [3.63, 3.8) is 0 Å². The summed E-state index contributed by atoms with van der Waals surface area (Å²) in [5.41, 5.74) is 2.85. The Morgan fingerprint density at radius 1 is 1.42 bits per heavy atom. The lowest BCUT2D eigenvalue weighted by Gasteiger charge is -2.11. The number of nitrogens with one attached hydrogen (secondary N) is 1. The van der Waals surface area contributed by atoms with Gasteiger partial charge in [-0.25, -0.2) is 4.98 Å². The Kier molecular flexibility index (Phi) is 3.42. The van der Waals surface area contributed by atoms with Crippen LogP contribution in [0.2, 0.25) is 0 Å². The van der Waals surface area contributed by atoms with Gasteiger partial charge in [0, 0.05) is 24.8 Å². The second-order valence-electron chi connectivity index (χ2n) is 5.41. The lowest BCUT2D eigenvalue weighted by molar-refractivity contribution is 0.120. The predicted molar refractivity (Wildman–Crippen MR) is 75.6 cm³/mol. The first-order valence-corrected chi connectivity index (χ1v) is 6.98.